The van der Waals surface area contributed by atoms with E-state index in [0.29, 0.717) is 5.92 Å². The topological polar surface area (TPSA) is 0 Å². The molecule has 264 valence electrons. The number of rotatable bonds is 1. The molecule has 0 aromatic carbocycles. The summed E-state index contributed by atoms with van der Waals surface area (Å²) in [5, 5.41) is 0. The first kappa shape index (κ1) is 39.5. The maximum absolute atomic E-state index is 2.99. The molecular weight excluding hydrogens is 715 g/mol. The zero-order valence-corrected chi connectivity index (χ0v) is 35.6. The molecule has 6 fully saturated rings. The van der Waals surface area contributed by atoms with Crippen molar-refractivity contribution in [1.29, 1.82) is 0 Å². The number of hydrogen-bond donors (Lipinski definition) is 0. The molecule has 6 saturated carbocycles. The summed E-state index contributed by atoms with van der Waals surface area (Å²) in [6.45, 7) is 22.7. The van der Waals surface area contributed by atoms with Crippen LogP contribution in [0.15, 0.2) is 90.6 Å². The minimum atomic E-state index is 0. The number of fused-ring (bicyclic) bond motifs is 8. The summed E-state index contributed by atoms with van der Waals surface area (Å²) in [5.41, 5.74) is 2.49. The molecule has 0 radical (unpaired) electrons. The molecule has 0 amide bonds. The van der Waals surface area contributed by atoms with E-state index in [1.165, 1.54) is 5.57 Å². The van der Waals surface area contributed by atoms with Crippen LogP contribution < -0.4 is 24.8 Å². The van der Waals surface area contributed by atoms with Crippen molar-refractivity contribution < 1.29 is 49.0 Å². The molecule has 8 atom stereocenters. The summed E-state index contributed by atoms with van der Waals surface area (Å²) in [5.74, 6) is 3.84. The molecule has 0 spiro atoms. The predicted molar refractivity (Wildman–Crippen MR) is 197 cm³/mol. The molecule has 8 unspecified atom stereocenters. The van der Waals surface area contributed by atoms with Gasteiger partial charge in [-0.2, -0.15) is 6.08 Å². The van der Waals surface area contributed by atoms with Crippen LogP contribution in [0.25, 0.3) is 0 Å². The molecule has 0 aromatic heterocycles. The second-order valence-corrected chi connectivity index (χ2v) is 20.4. The first-order valence-corrected chi connectivity index (χ1v) is 20.0. The van der Waals surface area contributed by atoms with E-state index in [9.17, 15) is 0 Å². The maximum Gasteiger partial charge on any atom is -0.109 e. The maximum atomic E-state index is 2.99. The Morgan fingerprint density at radius 1 is 0.714 bits per heavy atom. The van der Waals surface area contributed by atoms with Crippen LogP contribution in [0.4, 0.5) is 0 Å². The molecule has 0 N–H and O–H groups in total. The van der Waals surface area contributed by atoms with Gasteiger partial charge in [-0.1, -0.05) is 115 Å². The quantitative estimate of drug-likeness (QED) is 0.292. The molecule has 10 aliphatic carbocycles. The van der Waals surface area contributed by atoms with E-state index in [2.05, 4.69) is 148 Å². The normalized spacial score (nSPS) is 50.7. The summed E-state index contributed by atoms with van der Waals surface area (Å²) >= 11 is 1.71. The van der Waals surface area contributed by atoms with Crippen LogP contribution in [0.5, 0.6) is 0 Å². The van der Waals surface area contributed by atoms with Crippen molar-refractivity contribution in [1.82, 2.24) is 0 Å². The Morgan fingerprint density at radius 3 is 1.65 bits per heavy atom. The van der Waals surface area contributed by atoms with E-state index in [1.54, 1.807) is 62.8 Å². The van der Waals surface area contributed by atoms with Gasteiger partial charge in [0.05, 0.1) is 0 Å². The Bertz CT molecular complexity index is 1540. The smallest absolute Gasteiger partial charge is 0.109 e. The first-order chi connectivity index (χ1) is 22.1. The number of allylic oxidation sites excluding steroid dienone is 16. The Kier molecular flexibility index (Phi) is 10.5. The van der Waals surface area contributed by atoms with Crippen LogP contribution in [-0.4, -0.2) is 3.21 Å². The van der Waals surface area contributed by atoms with Crippen molar-refractivity contribution in [3.05, 3.63) is 103 Å². The van der Waals surface area contributed by atoms with Gasteiger partial charge in [-0.05, 0) is 28.6 Å². The van der Waals surface area contributed by atoms with Crippen molar-refractivity contribution >= 4 is 3.21 Å². The molecule has 0 aliphatic heterocycles. The van der Waals surface area contributed by atoms with E-state index in [4.69, 9.17) is 0 Å². The Balaban J connectivity index is 0.000000193. The van der Waals surface area contributed by atoms with Gasteiger partial charge in [-0.25, -0.2) is 12.2 Å². The van der Waals surface area contributed by atoms with E-state index in [1.807, 2.05) is 15.4 Å². The Hall–Kier alpha value is -0.747. The van der Waals surface area contributed by atoms with Crippen molar-refractivity contribution in [3.63, 3.8) is 0 Å². The van der Waals surface area contributed by atoms with Gasteiger partial charge >= 0.3 is 96.1 Å². The van der Waals surface area contributed by atoms with Gasteiger partial charge in [-0.3, -0.25) is 6.08 Å². The van der Waals surface area contributed by atoms with E-state index < -0.39 is 0 Å². The Morgan fingerprint density at radius 2 is 1.20 bits per heavy atom. The third kappa shape index (κ3) is 4.85. The second-order valence-electron chi connectivity index (χ2n) is 18.5. The van der Waals surface area contributed by atoms with Gasteiger partial charge in [0.15, 0.2) is 0 Å². The number of hydrogen-bond acceptors (Lipinski definition) is 0. The summed E-state index contributed by atoms with van der Waals surface area (Å²) in [6, 6.07) is 0. The average Bonchev–Trinajstić information content (AvgIpc) is 3.67. The first-order valence-electron chi connectivity index (χ1n) is 18.8. The second kappa shape index (κ2) is 13.0. The molecule has 0 heterocycles. The third-order valence-corrected chi connectivity index (χ3v) is 18.8. The minimum absolute atomic E-state index is 0. The van der Waals surface area contributed by atoms with Gasteiger partial charge in [-0.15, -0.1) is 23.8 Å². The van der Waals surface area contributed by atoms with E-state index in [-0.39, 0.29) is 62.7 Å². The van der Waals surface area contributed by atoms with Crippen molar-refractivity contribution in [3.8, 4) is 0 Å². The molecule has 10 rings (SSSR count). The van der Waals surface area contributed by atoms with Gasteiger partial charge < -0.3 is 31.2 Å². The molecule has 0 saturated heterocycles. The standard InChI is InChI=1S/C29H37.C12H18.C5H5.2ClH.Zr/c1-21-14-13-15-22-20-27(6)25(4)18-10-9-16-23(25,2)24(3)17-11-12-19-26(24,5)29(27,8)28(21,22)7;1-2-12-6-9-3-10(7-12)5-11(4-9)8-12;1-2-4-5-3-1;;;/h9-20,22H,1-8H3;9-11H,3-8H2,1H3;1-3H,4H2;2*1H;/q-1;;-1;;;+2/p-2. The van der Waals surface area contributed by atoms with Gasteiger partial charge in [0.2, 0.25) is 0 Å². The van der Waals surface area contributed by atoms with Gasteiger partial charge in [0.25, 0.3) is 0 Å². The Labute approximate surface area is 327 Å². The molecule has 0 aromatic rings. The average molecular weight is 775 g/mol. The third-order valence-electron chi connectivity index (χ3n) is 17.5. The summed E-state index contributed by atoms with van der Waals surface area (Å²) in [4.78, 5) is 0. The number of halogens is 2. The SMILES string of the molecule is CC1=CC=CC2[CH-]C3(C)C4(C)C=CC=CC4(C)C4(C)C=CC=CC4(C)C3(C)C12C.C[C](=[Zr+2])C12CC3CC(CC(C3)C1)C2.[C-]1=CC=CC1.[Cl-].[Cl-]. The van der Waals surface area contributed by atoms with Crippen LogP contribution in [0.3, 0.4) is 0 Å². The fourth-order valence-electron chi connectivity index (χ4n) is 14.2. The molecule has 4 bridgehead atoms. The molecule has 3 heteroatoms. The zero-order chi connectivity index (χ0) is 33.7. The van der Waals surface area contributed by atoms with Crippen LogP contribution in [0.1, 0.15) is 107 Å². The minimum Gasteiger partial charge on any atom is -1.00 e. The van der Waals surface area contributed by atoms with Crippen molar-refractivity contribution in [2.45, 2.75) is 107 Å². The van der Waals surface area contributed by atoms with E-state index in [0.717, 1.165) is 29.6 Å². The molecular formula is C46H60Cl2Zr-2. The fraction of sp³-hybridized carbons (Fsp3) is 0.609. The van der Waals surface area contributed by atoms with Crippen LogP contribution in [-0.2, 0) is 24.2 Å². The van der Waals surface area contributed by atoms with Gasteiger partial charge in [0.1, 0.15) is 0 Å². The largest absolute Gasteiger partial charge is 1.00 e. The molecule has 10 aliphatic rings. The predicted octanol–water partition coefficient (Wildman–Crippen LogP) is 5.90. The van der Waals surface area contributed by atoms with Crippen molar-refractivity contribution in [2.75, 3.05) is 0 Å². The zero-order valence-electron chi connectivity index (χ0n) is 31.7. The molecule has 49 heavy (non-hydrogen) atoms. The van der Waals surface area contributed by atoms with Crippen LogP contribution in [0, 0.1) is 79.5 Å². The van der Waals surface area contributed by atoms with Crippen LogP contribution in [0.2, 0.25) is 0 Å². The van der Waals surface area contributed by atoms with Gasteiger partial charge in [0, 0.05) is 10.8 Å². The van der Waals surface area contributed by atoms with Crippen LogP contribution >= 0.6 is 0 Å². The fourth-order valence-corrected chi connectivity index (χ4v) is 14.9. The molecule has 0 nitrogen and oxygen atoms in total. The monoisotopic (exact) mass is 772 g/mol. The summed E-state index contributed by atoms with van der Waals surface area (Å²) in [6.07, 6.45) is 48.7. The van der Waals surface area contributed by atoms with E-state index >= 15 is 0 Å². The summed E-state index contributed by atoms with van der Waals surface area (Å²) < 4.78 is 1.83. The van der Waals surface area contributed by atoms with Crippen molar-refractivity contribution in [2.24, 2.45) is 67.0 Å². The summed E-state index contributed by atoms with van der Waals surface area (Å²) in [7, 11) is 0.